The molecule has 78 valence electrons. The van der Waals surface area contributed by atoms with Crippen LogP contribution in [0.4, 0.5) is 0 Å². The third kappa shape index (κ3) is 1.98. The summed E-state index contributed by atoms with van der Waals surface area (Å²) in [6.45, 7) is 6.59. The summed E-state index contributed by atoms with van der Waals surface area (Å²) in [6, 6.07) is 0.603. The van der Waals surface area contributed by atoms with Crippen LogP contribution in [-0.4, -0.2) is 34.2 Å². The first-order valence-electron chi connectivity index (χ1n) is 4.90. The SMILES string of the molecule is CC(C)N1CCC(c2nc(Br)no2)C1. The summed E-state index contributed by atoms with van der Waals surface area (Å²) in [7, 11) is 0. The Hall–Kier alpha value is -0.420. The van der Waals surface area contributed by atoms with Crippen LogP contribution in [0.25, 0.3) is 0 Å². The van der Waals surface area contributed by atoms with Gasteiger partial charge in [-0.2, -0.15) is 4.98 Å². The molecule has 0 aliphatic carbocycles. The topological polar surface area (TPSA) is 42.2 Å². The van der Waals surface area contributed by atoms with E-state index in [1.54, 1.807) is 0 Å². The fourth-order valence-electron chi connectivity index (χ4n) is 1.84. The zero-order chi connectivity index (χ0) is 10.1. The van der Waals surface area contributed by atoms with E-state index in [0.717, 1.165) is 25.4 Å². The van der Waals surface area contributed by atoms with Crippen LogP contribution in [0.5, 0.6) is 0 Å². The van der Waals surface area contributed by atoms with Crippen molar-refractivity contribution in [1.82, 2.24) is 15.0 Å². The maximum Gasteiger partial charge on any atom is 0.238 e. The van der Waals surface area contributed by atoms with E-state index >= 15 is 0 Å². The van der Waals surface area contributed by atoms with Gasteiger partial charge in [0.1, 0.15) is 0 Å². The van der Waals surface area contributed by atoms with Gasteiger partial charge in [-0.05, 0) is 47.9 Å². The monoisotopic (exact) mass is 259 g/mol. The first kappa shape index (κ1) is 10.1. The third-order valence-corrected chi connectivity index (χ3v) is 3.04. The van der Waals surface area contributed by atoms with E-state index in [4.69, 9.17) is 4.52 Å². The van der Waals surface area contributed by atoms with Crippen molar-refractivity contribution in [2.45, 2.75) is 32.2 Å². The van der Waals surface area contributed by atoms with E-state index in [1.165, 1.54) is 0 Å². The molecule has 1 aliphatic heterocycles. The minimum atomic E-state index is 0.413. The average Bonchev–Trinajstić information content (AvgIpc) is 2.70. The molecule has 14 heavy (non-hydrogen) atoms. The minimum absolute atomic E-state index is 0.413. The van der Waals surface area contributed by atoms with Crippen LogP contribution in [0.15, 0.2) is 9.26 Å². The fourth-order valence-corrected chi connectivity index (χ4v) is 2.09. The summed E-state index contributed by atoms with van der Waals surface area (Å²) < 4.78 is 5.69. The molecule has 0 radical (unpaired) electrons. The Kier molecular flexibility index (Phi) is 2.88. The van der Waals surface area contributed by atoms with Crippen molar-refractivity contribution in [3.8, 4) is 0 Å². The van der Waals surface area contributed by atoms with Crippen molar-refractivity contribution in [1.29, 1.82) is 0 Å². The number of hydrogen-bond acceptors (Lipinski definition) is 4. The number of nitrogens with zero attached hydrogens (tertiary/aromatic N) is 3. The summed E-state index contributed by atoms with van der Waals surface area (Å²) in [6.07, 6.45) is 1.12. The summed E-state index contributed by atoms with van der Waals surface area (Å²) in [4.78, 5) is 6.63. The Bertz CT molecular complexity index is 313. The Morgan fingerprint density at radius 3 is 2.86 bits per heavy atom. The molecule has 1 aromatic heterocycles. The predicted octanol–water partition coefficient (Wildman–Crippen LogP) is 2.03. The Morgan fingerprint density at radius 2 is 2.36 bits per heavy atom. The summed E-state index contributed by atoms with van der Waals surface area (Å²) in [5.41, 5.74) is 0. The lowest BCUT2D eigenvalue weighted by Crippen LogP contribution is -2.27. The van der Waals surface area contributed by atoms with E-state index in [9.17, 15) is 0 Å². The van der Waals surface area contributed by atoms with Gasteiger partial charge in [0.05, 0.1) is 5.92 Å². The molecule has 1 aliphatic rings. The summed E-state index contributed by atoms with van der Waals surface area (Å²) in [5.74, 6) is 1.18. The van der Waals surface area contributed by atoms with Gasteiger partial charge in [0.15, 0.2) is 0 Å². The van der Waals surface area contributed by atoms with Crippen LogP contribution in [0, 0.1) is 0 Å². The van der Waals surface area contributed by atoms with Crippen LogP contribution < -0.4 is 0 Å². The standard InChI is InChI=1S/C9H14BrN3O/c1-6(2)13-4-3-7(5-13)8-11-9(10)12-14-8/h6-7H,3-5H2,1-2H3. The highest BCUT2D eigenvalue weighted by molar-refractivity contribution is 9.10. The zero-order valence-corrected chi connectivity index (χ0v) is 9.99. The molecule has 2 rings (SSSR count). The van der Waals surface area contributed by atoms with Gasteiger partial charge in [0.2, 0.25) is 10.6 Å². The van der Waals surface area contributed by atoms with Gasteiger partial charge in [-0.3, -0.25) is 0 Å². The molecule has 0 aromatic carbocycles. The van der Waals surface area contributed by atoms with Crippen LogP contribution in [0.1, 0.15) is 32.1 Å². The highest BCUT2D eigenvalue weighted by atomic mass is 79.9. The van der Waals surface area contributed by atoms with Crippen molar-refractivity contribution in [3.63, 3.8) is 0 Å². The zero-order valence-electron chi connectivity index (χ0n) is 8.40. The van der Waals surface area contributed by atoms with Crippen molar-refractivity contribution in [2.75, 3.05) is 13.1 Å². The molecule has 2 heterocycles. The Labute approximate surface area is 91.8 Å². The Balaban J connectivity index is 2.02. The first-order chi connectivity index (χ1) is 6.66. The normalized spacial score (nSPS) is 23.6. The van der Waals surface area contributed by atoms with Gasteiger partial charge in [-0.15, -0.1) is 0 Å². The molecule has 0 N–H and O–H groups in total. The maximum absolute atomic E-state index is 5.14. The smallest absolute Gasteiger partial charge is 0.238 e. The highest BCUT2D eigenvalue weighted by Gasteiger charge is 2.29. The lowest BCUT2D eigenvalue weighted by molar-refractivity contribution is 0.265. The molecule has 0 bridgehead atoms. The lowest BCUT2D eigenvalue weighted by Gasteiger charge is -2.19. The quantitative estimate of drug-likeness (QED) is 0.815. The average molecular weight is 260 g/mol. The second-order valence-electron chi connectivity index (χ2n) is 3.98. The van der Waals surface area contributed by atoms with Crippen LogP contribution >= 0.6 is 15.9 Å². The van der Waals surface area contributed by atoms with E-state index in [1.807, 2.05) is 0 Å². The molecule has 0 amide bonds. The molecule has 0 spiro atoms. The number of likely N-dealkylation sites (tertiary alicyclic amines) is 1. The second kappa shape index (κ2) is 3.98. The van der Waals surface area contributed by atoms with Crippen LogP contribution in [0.2, 0.25) is 0 Å². The fraction of sp³-hybridized carbons (Fsp3) is 0.778. The van der Waals surface area contributed by atoms with E-state index in [0.29, 0.717) is 16.7 Å². The maximum atomic E-state index is 5.14. The number of hydrogen-bond donors (Lipinski definition) is 0. The molecule has 4 nitrogen and oxygen atoms in total. The van der Waals surface area contributed by atoms with Gasteiger partial charge in [0, 0.05) is 12.6 Å². The lowest BCUT2D eigenvalue weighted by atomic mass is 10.1. The molecular weight excluding hydrogens is 246 g/mol. The minimum Gasteiger partial charge on any atom is -0.338 e. The number of aromatic nitrogens is 2. The summed E-state index contributed by atoms with van der Waals surface area (Å²) in [5, 5.41) is 3.74. The van der Waals surface area contributed by atoms with Crippen LogP contribution in [0.3, 0.4) is 0 Å². The van der Waals surface area contributed by atoms with Crippen molar-refractivity contribution >= 4 is 15.9 Å². The third-order valence-electron chi connectivity index (χ3n) is 2.72. The van der Waals surface area contributed by atoms with Gasteiger partial charge in [-0.25, -0.2) is 0 Å². The van der Waals surface area contributed by atoms with Crippen molar-refractivity contribution < 1.29 is 4.52 Å². The molecule has 1 aromatic rings. The van der Waals surface area contributed by atoms with Gasteiger partial charge >= 0.3 is 0 Å². The largest absolute Gasteiger partial charge is 0.338 e. The molecule has 5 heteroatoms. The van der Waals surface area contributed by atoms with Crippen LogP contribution in [-0.2, 0) is 0 Å². The number of rotatable bonds is 2. The Morgan fingerprint density at radius 1 is 1.57 bits per heavy atom. The van der Waals surface area contributed by atoms with Gasteiger partial charge in [-0.1, -0.05) is 0 Å². The predicted molar refractivity (Wildman–Crippen MR) is 56.1 cm³/mol. The number of halogens is 1. The van der Waals surface area contributed by atoms with Crippen molar-refractivity contribution in [3.05, 3.63) is 10.6 Å². The first-order valence-corrected chi connectivity index (χ1v) is 5.69. The molecule has 1 saturated heterocycles. The second-order valence-corrected chi connectivity index (χ2v) is 4.69. The molecular formula is C9H14BrN3O. The molecule has 1 fully saturated rings. The summed E-state index contributed by atoms with van der Waals surface area (Å²) >= 11 is 3.19. The highest BCUT2D eigenvalue weighted by Crippen LogP contribution is 2.27. The van der Waals surface area contributed by atoms with Gasteiger partial charge in [0.25, 0.3) is 0 Å². The van der Waals surface area contributed by atoms with E-state index in [2.05, 4.69) is 44.8 Å². The van der Waals surface area contributed by atoms with Gasteiger partial charge < -0.3 is 9.42 Å². The molecule has 0 saturated carbocycles. The van der Waals surface area contributed by atoms with Crippen molar-refractivity contribution in [2.24, 2.45) is 0 Å². The van der Waals surface area contributed by atoms with E-state index in [-0.39, 0.29) is 0 Å². The molecule has 1 atom stereocenters. The molecule has 1 unspecified atom stereocenters. The van der Waals surface area contributed by atoms with E-state index < -0.39 is 0 Å².